The average molecular weight is 576 g/mol. The van der Waals surface area contributed by atoms with Gasteiger partial charge in [-0.05, 0) is 78.4 Å². The summed E-state index contributed by atoms with van der Waals surface area (Å²) < 4.78 is 22.2. The molecule has 2 amide bonds. The van der Waals surface area contributed by atoms with Crippen molar-refractivity contribution in [1.82, 2.24) is 5.32 Å². The fraction of sp³-hybridized carbons (Fsp3) is 0.344. The van der Waals surface area contributed by atoms with Gasteiger partial charge in [-0.25, -0.2) is 0 Å². The summed E-state index contributed by atoms with van der Waals surface area (Å²) in [5, 5.41) is 9.05. The number of benzene rings is 2. The molecule has 3 aromatic rings. The molecule has 0 radical (unpaired) electrons. The lowest BCUT2D eigenvalue weighted by atomic mass is 9.95. The number of nitrogens with one attached hydrogen (secondary N) is 3. The molecule has 0 saturated heterocycles. The van der Waals surface area contributed by atoms with E-state index in [1.807, 2.05) is 12.1 Å². The first-order valence-corrected chi connectivity index (χ1v) is 13.7. The van der Waals surface area contributed by atoms with Gasteiger partial charge >= 0.3 is 0 Å². The highest BCUT2D eigenvalue weighted by molar-refractivity contribution is 5.90. The Morgan fingerprint density at radius 2 is 1.64 bits per heavy atom. The summed E-state index contributed by atoms with van der Waals surface area (Å²) in [6.07, 6.45) is 1.99. The van der Waals surface area contributed by atoms with Crippen molar-refractivity contribution < 1.29 is 28.5 Å². The van der Waals surface area contributed by atoms with Crippen LogP contribution in [0.15, 0.2) is 53.3 Å². The van der Waals surface area contributed by atoms with E-state index in [1.165, 1.54) is 6.92 Å². The molecule has 3 N–H and O–H groups in total. The fourth-order valence-electron chi connectivity index (χ4n) is 5.22. The molecule has 1 aliphatic carbocycles. The van der Waals surface area contributed by atoms with E-state index in [9.17, 15) is 14.4 Å². The molecule has 0 aromatic heterocycles. The van der Waals surface area contributed by atoms with E-state index in [-0.39, 0.29) is 29.7 Å². The number of fused-ring (bicyclic) bond motifs is 3. The fourth-order valence-corrected chi connectivity index (χ4v) is 5.22. The van der Waals surface area contributed by atoms with Crippen molar-refractivity contribution in [1.29, 1.82) is 0 Å². The summed E-state index contributed by atoms with van der Waals surface area (Å²) >= 11 is 0. The first-order chi connectivity index (χ1) is 20.3. The molecule has 0 unspecified atom stereocenters. The Morgan fingerprint density at radius 1 is 0.905 bits per heavy atom. The van der Waals surface area contributed by atoms with Crippen LogP contribution in [0.5, 0.6) is 23.0 Å². The smallest absolute Gasteiger partial charge is 0.224 e. The minimum Gasteiger partial charge on any atom is -0.497 e. The summed E-state index contributed by atoms with van der Waals surface area (Å²) in [6, 6.07) is 13.8. The van der Waals surface area contributed by atoms with E-state index in [0.29, 0.717) is 65.7 Å². The van der Waals surface area contributed by atoms with Crippen LogP contribution >= 0.6 is 0 Å². The van der Waals surface area contributed by atoms with Gasteiger partial charge in [0.2, 0.25) is 23.0 Å². The third-order valence-electron chi connectivity index (χ3n) is 7.19. The molecular weight excluding hydrogens is 538 g/mol. The Kier molecular flexibility index (Phi) is 9.90. The minimum absolute atomic E-state index is 0.124. The van der Waals surface area contributed by atoms with E-state index >= 15 is 0 Å². The number of hydrogen-bond donors (Lipinski definition) is 3. The lowest BCUT2D eigenvalue weighted by Crippen LogP contribution is -2.26. The second kappa shape index (κ2) is 13.8. The maximum absolute atomic E-state index is 13.4. The molecule has 0 bridgehead atoms. The molecule has 3 aromatic carbocycles. The molecular formula is C32H37N3O7. The lowest BCUT2D eigenvalue weighted by molar-refractivity contribution is -0.119. The standard InChI is InChI=1S/C32H37N3O7/c1-19(36)34-25-14-8-20-17-28(40-3)31(41-4)32(42-5)30(20)23-13-15-26(27(37)18-24(23)25)33-16-6-7-29(38)35-21-9-11-22(39-2)12-10-21/h9-13,15,17-18,25H,6-8,14,16H2,1-5H3,(H,33,37)(H,34,36)(H,35,38)/t25-/m0/s1. The highest BCUT2D eigenvalue weighted by Crippen LogP contribution is 2.50. The van der Waals surface area contributed by atoms with Gasteiger partial charge in [0.15, 0.2) is 11.5 Å². The summed E-state index contributed by atoms with van der Waals surface area (Å²) in [6.45, 7) is 1.88. The number of methoxy groups -OCH3 is 4. The first-order valence-electron chi connectivity index (χ1n) is 13.7. The van der Waals surface area contributed by atoms with Gasteiger partial charge in [0.05, 0.1) is 40.2 Å². The summed E-state index contributed by atoms with van der Waals surface area (Å²) in [5.74, 6) is 1.87. The summed E-state index contributed by atoms with van der Waals surface area (Å²) in [4.78, 5) is 37.9. The third kappa shape index (κ3) is 6.76. The second-order valence-electron chi connectivity index (χ2n) is 9.90. The van der Waals surface area contributed by atoms with Crippen LogP contribution in [0.3, 0.4) is 0 Å². The molecule has 10 nitrogen and oxygen atoms in total. The van der Waals surface area contributed by atoms with Gasteiger partial charge in [-0.2, -0.15) is 0 Å². The Balaban J connectivity index is 1.60. The first kappa shape index (κ1) is 30.2. The Morgan fingerprint density at radius 3 is 2.29 bits per heavy atom. The highest BCUT2D eigenvalue weighted by Gasteiger charge is 2.29. The maximum atomic E-state index is 13.4. The third-order valence-corrected chi connectivity index (χ3v) is 7.19. The van der Waals surface area contributed by atoms with Crippen molar-refractivity contribution in [3.05, 3.63) is 69.9 Å². The van der Waals surface area contributed by atoms with Crippen molar-refractivity contribution in [2.24, 2.45) is 0 Å². The molecule has 0 saturated carbocycles. The number of ether oxygens (including phenoxy) is 4. The van der Waals surface area contributed by atoms with E-state index in [2.05, 4.69) is 16.0 Å². The van der Waals surface area contributed by atoms with Crippen LogP contribution in [-0.4, -0.2) is 46.8 Å². The van der Waals surface area contributed by atoms with Crippen molar-refractivity contribution in [3.8, 4) is 34.1 Å². The van der Waals surface area contributed by atoms with Gasteiger partial charge in [0.25, 0.3) is 0 Å². The zero-order valence-electron chi connectivity index (χ0n) is 24.6. The van der Waals surface area contributed by atoms with Crippen LogP contribution in [0.4, 0.5) is 11.4 Å². The molecule has 1 aliphatic rings. The number of amides is 2. The Labute approximate surface area is 245 Å². The monoisotopic (exact) mass is 575 g/mol. The van der Waals surface area contributed by atoms with Gasteiger partial charge in [-0.3, -0.25) is 14.4 Å². The van der Waals surface area contributed by atoms with Gasteiger partial charge in [0.1, 0.15) is 5.75 Å². The van der Waals surface area contributed by atoms with Crippen LogP contribution < -0.4 is 40.3 Å². The lowest BCUT2D eigenvalue weighted by Gasteiger charge is -2.19. The molecule has 222 valence electrons. The zero-order valence-corrected chi connectivity index (χ0v) is 24.6. The van der Waals surface area contributed by atoms with Crippen molar-refractivity contribution >= 4 is 23.2 Å². The molecule has 1 atom stereocenters. The number of aryl methyl sites for hydroxylation is 1. The van der Waals surface area contributed by atoms with Crippen molar-refractivity contribution in [2.45, 2.75) is 38.6 Å². The van der Waals surface area contributed by atoms with E-state index < -0.39 is 0 Å². The quantitative estimate of drug-likeness (QED) is 0.281. The number of rotatable bonds is 11. The van der Waals surface area contributed by atoms with Crippen LogP contribution in [0, 0.1) is 0 Å². The van der Waals surface area contributed by atoms with E-state index in [4.69, 9.17) is 18.9 Å². The molecule has 42 heavy (non-hydrogen) atoms. The normalized spacial score (nSPS) is 13.5. The van der Waals surface area contributed by atoms with Gasteiger partial charge in [-0.1, -0.05) is 6.07 Å². The topological polar surface area (TPSA) is 124 Å². The number of carbonyl (C=O) groups is 2. The van der Waals surface area contributed by atoms with Crippen molar-refractivity contribution in [3.63, 3.8) is 0 Å². The van der Waals surface area contributed by atoms with Crippen LogP contribution in [0.2, 0.25) is 0 Å². The van der Waals surface area contributed by atoms with E-state index in [1.54, 1.807) is 64.8 Å². The SMILES string of the molecule is COc1ccc(NC(=O)CCCNc2ccc3c(cc2=O)[C@@H](NC(C)=O)CCc2cc(OC)c(OC)c(OC)c2-3)cc1. The number of anilines is 2. The molecule has 4 rings (SSSR count). The minimum atomic E-state index is -0.388. The van der Waals surface area contributed by atoms with Crippen LogP contribution in [0.25, 0.3) is 11.1 Å². The number of hydrogen-bond acceptors (Lipinski definition) is 8. The van der Waals surface area contributed by atoms with Gasteiger partial charge < -0.3 is 34.9 Å². The largest absolute Gasteiger partial charge is 0.497 e. The second-order valence-corrected chi connectivity index (χ2v) is 9.90. The number of carbonyl (C=O) groups excluding carboxylic acids is 2. The average Bonchev–Trinajstić information content (AvgIpc) is 3.23. The Bertz CT molecular complexity index is 1510. The van der Waals surface area contributed by atoms with Gasteiger partial charge in [-0.15, -0.1) is 0 Å². The zero-order chi connectivity index (χ0) is 30.2. The van der Waals surface area contributed by atoms with Crippen molar-refractivity contribution in [2.75, 3.05) is 45.6 Å². The van der Waals surface area contributed by atoms with Crippen LogP contribution in [-0.2, 0) is 16.0 Å². The maximum Gasteiger partial charge on any atom is 0.224 e. The van der Waals surface area contributed by atoms with Crippen LogP contribution in [0.1, 0.15) is 43.4 Å². The molecule has 10 heteroatoms. The predicted molar refractivity (Wildman–Crippen MR) is 162 cm³/mol. The molecule has 0 spiro atoms. The molecule has 0 fully saturated rings. The molecule has 0 heterocycles. The van der Waals surface area contributed by atoms with Gasteiger partial charge in [0, 0.05) is 31.1 Å². The summed E-state index contributed by atoms with van der Waals surface area (Å²) in [5.41, 5.74) is 4.03. The molecule has 0 aliphatic heterocycles. The summed E-state index contributed by atoms with van der Waals surface area (Å²) in [7, 11) is 6.26. The Hall–Kier alpha value is -4.73. The van der Waals surface area contributed by atoms with E-state index in [0.717, 1.165) is 16.7 Å². The highest BCUT2D eigenvalue weighted by atomic mass is 16.5. The predicted octanol–water partition coefficient (Wildman–Crippen LogP) is 4.70.